The highest BCUT2D eigenvalue weighted by Gasteiger charge is 2.19. The summed E-state index contributed by atoms with van der Waals surface area (Å²) in [4.78, 5) is 8.77. The lowest BCUT2D eigenvalue weighted by Crippen LogP contribution is -2.04. The number of alkyl halides is 1. The Morgan fingerprint density at radius 2 is 2.10 bits per heavy atom. The second-order valence-corrected chi connectivity index (χ2v) is 6.52. The maximum absolute atomic E-state index is 14.3. The number of pyridine rings is 1. The summed E-state index contributed by atoms with van der Waals surface area (Å²) in [5.41, 5.74) is 1.50. The normalized spacial score (nSPS) is 12.8. The highest BCUT2D eigenvalue weighted by atomic mass is 79.9. The van der Waals surface area contributed by atoms with Gasteiger partial charge in [-0.15, -0.1) is 11.6 Å². The lowest BCUT2D eigenvalue weighted by atomic mass is 10.3. The Balaban J connectivity index is 2.36. The van der Waals surface area contributed by atoms with Gasteiger partial charge in [0.15, 0.2) is 5.65 Å². The minimum atomic E-state index is -0.454. The van der Waals surface area contributed by atoms with Gasteiger partial charge in [-0.1, -0.05) is 11.6 Å². The van der Waals surface area contributed by atoms with Gasteiger partial charge in [0.1, 0.15) is 17.2 Å². The molecule has 0 fully saturated rings. The number of halogens is 4. The number of nitrogens with zero attached hydrogens (tertiary/aromatic N) is 3. The van der Waals surface area contributed by atoms with Gasteiger partial charge in [-0.3, -0.25) is 4.57 Å². The molecule has 0 N–H and O–H groups in total. The van der Waals surface area contributed by atoms with E-state index in [9.17, 15) is 4.39 Å². The van der Waals surface area contributed by atoms with Crippen LogP contribution in [-0.4, -0.2) is 14.5 Å². The molecule has 0 bridgehead atoms. The topological polar surface area (TPSA) is 30.7 Å². The number of fused-ring (bicyclic) bond motifs is 1. The van der Waals surface area contributed by atoms with Crippen LogP contribution in [0, 0.1) is 5.82 Å². The van der Waals surface area contributed by atoms with E-state index in [1.165, 1.54) is 6.07 Å². The first-order valence-electron chi connectivity index (χ1n) is 6.11. The fourth-order valence-corrected chi connectivity index (χ4v) is 2.75. The predicted octanol–water partition coefficient (Wildman–Crippen LogP) is 5.28. The Morgan fingerprint density at radius 3 is 2.76 bits per heavy atom. The first kappa shape index (κ1) is 14.8. The van der Waals surface area contributed by atoms with E-state index in [1.54, 1.807) is 29.8 Å². The third-order valence-corrected chi connectivity index (χ3v) is 3.86. The van der Waals surface area contributed by atoms with E-state index in [4.69, 9.17) is 23.2 Å². The first-order valence-corrected chi connectivity index (χ1v) is 7.71. The number of hydrogen-bond donors (Lipinski definition) is 0. The number of benzene rings is 1. The van der Waals surface area contributed by atoms with Gasteiger partial charge in [0, 0.05) is 15.7 Å². The zero-order valence-corrected chi connectivity index (χ0v) is 13.9. The van der Waals surface area contributed by atoms with Crippen LogP contribution in [0.4, 0.5) is 4.39 Å². The summed E-state index contributed by atoms with van der Waals surface area (Å²) in [7, 11) is 0. The van der Waals surface area contributed by atoms with E-state index in [2.05, 4.69) is 25.9 Å². The largest absolute Gasteiger partial charge is 0.276 e. The van der Waals surface area contributed by atoms with E-state index in [0.29, 0.717) is 27.7 Å². The molecule has 2 heterocycles. The van der Waals surface area contributed by atoms with Crippen molar-refractivity contribution < 1.29 is 4.39 Å². The van der Waals surface area contributed by atoms with Crippen molar-refractivity contribution in [1.29, 1.82) is 0 Å². The fourth-order valence-electron chi connectivity index (χ4n) is 2.12. The Bertz CT molecular complexity index is 832. The molecule has 0 radical (unpaired) electrons. The Hall–Kier alpha value is -1.17. The van der Waals surface area contributed by atoms with Crippen molar-refractivity contribution in [2.45, 2.75) is 12.3 Å². The second kappa shape index (κ2) is 5.55. The van der Waals surface area contributed by atoms with Crippen molar-refractivity contribution in [3.05, 3.63) is 51.6 Å². The molecule has 3 nitrogen and oxygen atoms in total. The third kappa shape index (κ3) is 2.65. The summed E-state index contributed by atoms with van der Waals surface area (Å²) >= 11 is 15.3. The summed E-state index contributed by atoms with van der Waals surface area (Å²) in [6.45, 7) is 1.78. The fraction of sp³-hybridized carbons (Fsp3) is 0.143. The van der Waals surface area contributed by atoms with Gasteiger partial charge in [-0.25, -0.2) is 14.4 Å². The third-order valence-electron chi connectivity index (χ3n) is 3.00. The Labute approximate surface area is 138 Å². The van der Waals surface area contributed by atoms with Crippen molar-refractivity contribution >= 4 is 50.3 Å². The summed E-state index contributed by atoms with van der Waals surface area (Å²) in [5, 5.41) is -0.0649. The zero-order chi connectivity index (χ0) is 15.1. The van der Waals surface area contributed by atoms with Crippen LogP contribution in [0.1, 0.15) is 18.1 Å². The van der Waals surface area contributed by atoms with E-state index in [0.717, 1.165) is 4.47 Å². The molecule has 3 rings (SSSR count). The molecule has 1 aromatic carbocycles. The average molecular weight is 389 g/mol. The van der Waals surface area contributed by atoms with Gasteiger partial charge < -0.3 is 0 Å². The summed E-state index contributed by atoms with van der Waals surface area (Å²) in [5.74, 6) is 0.0728. The minimum Gasteiger partial charge on any atom is -0.276 e. The van der Waals surface area contributed by atoms with Crippen molar-refractivity contribution in [3.8, 4) is 5.69 Å². The SMILES string of the molecule is CC(Cl)c1nc2cc(Br)cnc2n1-c1ccc(Cl)cc1F. The number of rotatable bonds is 2. The van der Waals surface area contributed by atoms with E-state index in [-0.39, 0.29) is 0 Å². The van der Waals surface area contributed by atoms with Gasteiger partial charge in [0.05, 0.1) is 11.1 Å². The van der Waals surface area contributed by atoms with Crippen LogP contribution < -0.4 is 0 Å². The standard InChI is InChI=1S/C14H9BrCl2FN3/c1-7(16)13-20-11-4-8(15)6-19-14(11)21(13)12-3-2-9(17)5-10(12)18/h2-7H,1H3. The molecular formula is C14H9BrCl2FN3. The first-order chi connectivity index (χ1) is 9.97. The highest BCUT2D eigenvalue weighted by Crippen LogP contribution is 2.30. The average Bonchev–Trinajstić information content (AvgIpc) is 2.77. The van der Waals surface area contributed by atoms with Crippen LogP contribution in [0.3, 0.4) is 0 Å². The Kier molecular flexibility index (Phi) is 3.90. The molecule has 7 heteroatoms. The quantitative estimate of drug-likeness (QED) is 0.559. The van der Waals surface area contributed by atoms with Crippen LogP contribution in [-0.2, 0) is 0 Å². The van der Waals surface area contributed by atoms with Crippen LogP contribution >= 0.6 is 39.1 Å². The molecule has 0 spiro atoms. The molecule has 0 saturated heterocycles. The molecule has 0 saturated carbocycles. The smallest absolute Gasteiger partial charge is 0.164 e. The lowest BCUT2D eigenvalue weighted by molar-refractivity contribution is 0.616. The summed E-state index contributed by atoms with van der Waals surface area (Å²) in [6.07, 6.45) is 1.64. The van der Waals surface area contributed by atoms with Crippen molar-refractivity contribution in [1.82, 2.24) is 14.5 Å². The Morgan fingerprint density at radius 1 is 1.33 bits per heavy atom. The molecule has 1 unspecified atom stereocenters. The molecule has 1 atom stereocenters. The van der Waals surface area contributed by atoms with Crippen molar-refractivity contribution in [2.75, 3.05) is 0 Å². The van der Waals surface area contributed by atoms with Crippen LogP contribution in [0.2, 0.25) is 5.02 Å². The van der Waals surface area contributed by atoms with Crippen LogP contribution in [0.25, 0.3) is 16.9 Å². The van der Waals surface area contributed by atoms with Crippen LogP contribution in [0.5, 0.6) is 0 Å². The lowest BCUT2D eigenvalue weighted by Gasteiger charge is -2.11. The van der Waals surface area contributed by atoms with E-state index in [1.807, 2.05) is 6.07 Å². The molecule has 3 aromatic rings. The van der Waals surface area contributed by atoms with Gasteiger partial charge in [0.2, 0.25) is 0 Å². The molecule has 0 aliphatic heterocycles. The maximum Gasteiger partial charge on any atom is 0.164 e. The maximum atomic E-state index is 14.3. The summed E-state index contributed by atoms with van der Waals surface area (Å²) in [6, 6.07) is 6.28. The zero-order valence-electron chi connectivity index (χ0n) is 10.8. The van der Waals surface area contributed by atoms with E-state index >= 15 is 0 Å². The second-order valence-electron chi connectivity index (χ2n) is 4.51. The van der Waals surface area contributed by atoms with Crippen molar-refractivity contribution in [2.24, 2.45) is 0 Å². The van der Waals surface area contributed by atoms with Gasteiger partial charge in [0.25, 0.3) is 0 Å². The van der Waals surface area contributed by atoms with Gasteiger partial charge in [-0.2, -0.15) is 0 Å². The molecule has 0 amide bonds. The van der Waals surface area contributed by atoms with Gasteiger partial charge in [-0.05, 0) is 47.1 Å². The molecule has 2 aromatic heterocycles. The molecule has 21 heavy (non-hydrogen) atoms. The highest BCUT2D eigenvalue weighted by molar-refractivity contribution is 9.10. The number of aromatic nitrogens is 3. The minimum absolute atomic E-state index is 0.319. The molecular weight excluding hydrogens is 380 g/mol. The molecule has 108 valence electrons. The van der Waals surface area contributed by atoms with Crippen molar-refractivity contribution in [3.63, 3.8) is 0 Å². The van der Waals surface area contributed by atoms with Crippen LogP contribution in [0.15, 0.2) is 34.9 Å². The molecule has 0 aliphatic carbocycles. The number of hydrogen-bond acceptors (Lipinski definition) is 2. The predicted molar refractivity (Wildman–Crippen MR) is 85.8 cm³/mol. The monoisotopic (exact) mass is 387 g/mol. The van der Waals surface area contributed by atoms with Gasteiger partial charge >= 0.3 is 0 Å². The van der Waals surface area contributed by atoms with E-state index < -0.39 is 11.2 Å². The molecule has 0 aliphatic rings. The summed E-state index contributed by atoms with van der Waals surface area (Å²) < 4.78 is 16.7. The number of imidazole rings is 1.